The van der Waals surface area contributed by atoms with Crippen LogP contribution >= 0.6 is 0 Å². The van der Waals surface area contributed by atoms with Crippen molar-refractivity contribution in [2.24, 2.45) is 11.8 Å². The van der Waals surface area contributed by atoms with Gasteiger partial charge in [0.2, 0.25) is 5.82 Å². The van der Waals surface area contributed by atoms with Crippen molar-refractivity contribution in [2.75, 3.05) is 20.8 Å². The van der Waals surface area contributed by atoms with Gasteiger partial charge >= 0.3 is 0 Å². The zero-order valence-electron chi connectivity index (χ0n) is 25.6. The molecule has 8 nitrogen and oxygen atoms in total. The highest BCUT2D eigenvalue weighted by Crippen LogP contribution is 2.46. The van der Waals surface area contributed by atoms with Gasteiger partial charge in [-0.25, -0.2) is 9.07 Å². The van der Waals surface area contributed by atoms with Crippen molar-refractivity contribution in [3.8, 4) is 22.8 Å². The number of rotatable bonds is 8. The van der Waals surface area contributed by atoms with Gasteiger partial charge < -0.3 is 18.9 Å². The lowest BCUT2D eigenvalue weighted by atomic mass is 9.94. The predicted molar refractivity (Wildman–Crippen MR) is 163 cm³/mol. The Morgan fingerprint density at radius 2 is 1.77 bits per heavy atom. The van der Waals surface area contributed by atoms with Crippen molar-refractivity contribution in [2.45, 2.75) is 76.9 Å². The number of nitrogens with zero attached hydrogens (tertiary/aromatic N) is 5. The van der Waals surface area contributed by atoms with Crippen molar-refractivity contribution < 1.29 is 23.0 Å². The van der Waals surface area contributed by atoms with Crippen LogP contribution in [0, 0.1) is 30.4 Å². The van der Waals surface area contributed by atoms with Crippen molar-refractivity contribution in [1.29, 1.82) is 0 Å². The Bertz CT molecular complexity index is 1700. The Labute approximate surface area is 255 Å². The Morgan fingerprint density at radius 1 is 0.977 bits per heavy atom. The lowest BCUT2D eigenvalue weighted by Crippen LogP contribution is -2.41. The molecule has 2 saturated carbocycles. The number of fused-ring (bicyclic) bond motifs is 1. The molecule has 10 heteroatoms. The first-order valence-corrected chi connectivity index (χ1v) is 15.8. The molecular formula is C34H39F2N5O3. The van der Waals surface area contributed by atoms with E-state index >= 15 is 0 Å². The van der Waals surface area contributed by atoms with Crippen molar-refractivity contribution in [3.05, 3.63) is 59.4 Å². The molecule has 1 saturated heterocycles. The average molecular weight is 604 g/mol. The summed E-state index contributed by atoms with van der Waals surface area (Å²) in [6.07, 6.45) is 10.8. The van der Waals surface area contributed by atoms with E-state index in [2.05, 4.69) is 27.9 Å². The minimum atomic E-state index is -1.06. The number of methoxy groups -OCH3 is 2. The molecular weight excluding hydrogens is 564 g/mol. The molecule has 2 aliphatic carbocycles. The fraction of sp³-hybridized carbons (Fsp3) is 0.500. The number of hydrogen-bond donors (Lipinski definition) is 0. The molecule has 0 spiro atoms. The van der Waals surface area contributed by atoms with E-state index < -0.39 is 11.6 Å². The fourth-order valence-corrected chi connectivity index (χ4v) is 7.80. The van der Waals surface area contributed by atoms with Crippen molar-refractivity contribution in [3.63, 3.8) is 0 Å². The van der Waals surface area contributed by atoms with Crippen LogP contribution in [0.3, 0.4) is 0 Å². The summed E-state index contributed by atoms with van der Waals surface area (Å²) in [5, 5.41) is 9.40. The van der Waals surface area contributed by atoms with E-state index in [1.807, 2.05) is 17.0 Å². The highest BCUT2D eigenvalue weighted by atomic mass is 19.2. The molecule has 2 atom stereocenters. The number of carbonyl (C=O) groups is 1. The molecule has 3 fully saturated rings. The molecule has 0 bridgehead atoms. The summed E-state index contributed by atoms with van der Waals surface area (Å²) in [6.45, 7) is 3.19. The fourth-order valence-electron chi connectivity index (χ4n) is 7.80. The number of carbonyl (C=O) groups excluding carboxylic acids is 1. The Kier molecular flexibility index (Phi) is 7.54. The molecule has 0 radical (unpaired) electrons. The van der Waals surface area contributed by atoms with Crippen LogP contribution in [0.25, 0.3) is 22.2 Å². The van der Waals surface area contributed by atoms with Crippen LogP contribution in [-0.2, 0) is 6.54 Å². The van der Waals surface area contributed by atoms with Crippen LogP contribution in [0.2, 0.25) is 0 Å². The van der Waals surface area contributed by atoms with Gasteiger partial charge in [0.15, 0.2) is 11.6 Å². The van der Waals surface area contributed by atoms with Crippen LogP contribution in [0.15, 0.2) is 36.5 Å². The molecule has 2 unspecified atom stereocenters. The van der Waals surface area contributed by atoms with Gasteiger partial charge in [-0.2, -0.15) is 4.39 Å². The average Bonchev–Trinajstić information content (AvgIpc) is 3.51. The number of halogens is 2. The maximum absolute atomic E-state index is 14.8. The van der Waals surface area contributed by atoms with Crippen LogP contribution in [0.4, 0.5) is 8.78 Å². The third-order valence-corrected chi connectivity index (χ3v) is 10.2. The van der Waals surface area contributed by atoms with E-state index in [1.54, 1.807) is 18.0 Å². The first-order valence-electron chi connectivity index (χ1n) is 15.8. The number of likely N-dealkylation sites (tertiary alicyclic amines) is 1. The molecule has 1 amide bonds. The second kappa shape index (κ2) is 11.5. The highest BCUT2D eigenvalue weighted by Gasteiger charge is 2.46. The minimum Gasteiger partial charge on any atom is -0.497 e. The monoisotopic (exact) mass is 603 g/mol. The van der Waals surface area contributed by atoms with Crippen molar-refractivity contribution >= 4 is 16.8 Å². The third-order valence-electron chi connectivity index (χ3n) is 10.2. The second-order valence-electron chi connectivity index (χ2n) is 12.6. The summed E-state index contributed by atoms with van der Waals surface area (Å²) >= 11 is 0. The molecule has 4 aromatic rings. The smallest absolute Gasteiger partial charge is 0.256 e. The van der Waals surface area contributed by atoms with Gasteiger partial charge in [-0.15, -0.1) is 5.10 Å². The molecule has 2 aromatic heterocycles. The summed E-state index contributed by atoms with van der Waals surface area (Å²) in [7, 11) is 2.95. The quantitative estimate of drug-likeness (QED) is 0.218. The SMILES string of the molecule is COc1ccc2c(c1)c(C(=O)N1CCC(C3CC3)C1Cn1cc(-c3ccc(OC)c(F)c3F)nn1)c(C)n2C1CCCCC1. The maximum Gasteiger partial charge on any atom is 0.256 e. The van der Waals surface area contributed by atoms with E-state index in [0.29, 0.717) is 31.0 Å². The van der Waals surface area contributed by atoms with Crippen LogP contribution < -0.4 is 9.47 Å². The summed E-state index contributed by atoms with van der Waals surface area (Å²) in [6, 6.07) is 9.21. The number of aromatic nitrogens is 4. The number of ether oxygens (including phenoxy) is 2. The van der Waals surface area contributed by atoms with Gasteiger partial charge in [0, 0.05) is 34.7 Å². The maximum atomic E-state index is 14.8. The summed E-state index contributed by atoms with van der Waals surface area (Å²) in [5.41, 5.74) is 3.11. The van der Waals surface area contributed by atoms with Crippen LogP contribution in [0.1, 0.15) is 73.5 Å². The first-order chi connectivity index (χ1) is 21.4. The largest absolute Gasteiger partial charge is 0.497 e. The van der Waals surface area contributed by atoms with E-state index in [-0.39, 0.29) is 29.0 Å². The normalized spacial score (nSPS) is 20.9. The topological polar surface area (TPSA) is 74.4 Å². The van der Waals surface area contributed by atoms with E-state index in [1.165, 1.54) is 51.3 Å². The second-order valence-corrected chi connectivity index (χ2v) is 12.6. The molecule has 0 N–H and O–H groups in total. The van der Waals surface area contributed by atoms with E-state index in [0.717, 1.165) is 47.2 Å². The third kappa shape index (κ3) is 4.92. The lowest BCUT2D eigenvalue weighted by Gasteiger charge is -2.29. The Morgan fingerprint density at radius 3 is 2.50 bits per heavy atom. The van der Waals surface area contributed by atoms with Gasteiger partial charge in [-0.3, -0.25) is 4.79 Å². The van der Waals surface area contributed by atoms with Crippen molar-refractivity contribution in [1.82, 2.24) is 24.5 Å². The summed E-state index contributed by atoms with van der Waals surface area (Å²) in [4.78, 5) is 16.7. The number of benzene rings is 2. The summed E-state index contributed by atoms with van der Waals surface area (Å²) in [5.74, 6) is -0.540. The van der Waals surface area contributed by atoms with Crippen LogP contribution in [-0.4, -0.2) is 57.2 Å². The van der Waals surface area contributed by atoms with Crippen LogP contribution in [0.5, 0.6) is 11.5 Å². The molecule has 2 aromatic carbocycles. The minimum absolute atomic E-state index is 0.0211. The molecule has 44 heavy (non-hydrogen) atoms. The molecule has 3 heterocycles. The standard InChI is InChI=1S/C34H39F2N5O3/c1-20-31(26-17-23(43-2)11-13-28(26)41(20)22-7-5-4-6-8-22)34(42)40-16-15-24(21-9-10-21)29(40)19-39-18-27(37-38-39)25-12-14-30(44-3)33(36)32(25)35/h11-14,17-18,21-22,24,29H,4-10,15-16,19H2,1-3H3. The van der Waals surface area contributed by atoms with Gasteiger partial charge in [-0.05, 0) is 81.2 Å². The zero-order chi connectivity index (χ0) is 30.5. The zero-order valence-corrected chi connectivity index (χ0v) is 25.6. The molecule has 3 aliphatic rings. The summed E-state index contributed by atoms with van der Waals surface area (Å²) < 4.78 is 43.8. The van der Waals surface area contributed by atoms with Gasteiger partial charge in [0.05, 0.1) is 38.6 Å². The van der Waals surface area contributed by atoms with E-state index in [4.69, 9.17) is 9.47 Å². The molecule has 7 rings (SSSR count). The predicted octanol–water partition coefficient (Wildman–Crippen LogP) is 6.95. The van der Waals surface area contributed by atoms with Gasteiger partial charge in [0.25, 0.3) is 5.91 Å². The Hall–Kier alpha value is -3.95. The van der Waals surface area contributed by atoms with Gasteiger partial charge in [0.1, 0.15) is 11.4 Å². The number of hydrogen-bond acceptors (Lipinski definition) is 5. The lowest BCUT2D eigenvalue weighted by molar-refractivity contribution is 0.0693. The number of amides is 1. The molecule has 1 aliphatic heterocycles. The van der Waals surface area contributed by atoms with E-state index in [9.17, 15) is 13.6 Å². The highest BCUT2D eigenvalue weighted by molar-refractivity contribution is 6.09. The Balaban J connectivity index is 1.23. The molecule has 232 valence electrons. The van der Waals surface area contributed by atoms with Gasteiger partial charge in [-0.1, -0.05) is 24.5 Å². The first kappa shape index (κ1) is 28.8.